The molecule has 0 radical (unpaired) electrons. The van der Waals surface area contributed by atoms with Crippen LogP contribution in [-0.2, 0) is 9.47 Å². The van der Waals surface area contributed by atoms with Gasteiger partial charge in [0.1, 0.15) is 0 Å². The molecule has 0 heterocycles. The fraction of sp³-hybridized carbons (Fsp3) is 1.00. The number of hydrogen-bond acceptors (Lipinski definition) is 5. The number of likely N-dealkylation sites (N-methyl/N-ethyl adjacent to an activating group) is 1. The third-order valence-electron chi connectivity index (χ3n) is 2.97. The minimum Gasteiger partial charge on any atom is -0.394 e. The summed E-state index contributed by atoms with van der Waals surface area (Å²) >= 11 is 0. The zero-order valence-corrected chi connectivity index (χ0v) is 11.5. The first-order valence-corrected chi connectivity index (χ1v) is 6.04. The molecule has 0 saturated carbocycles. The lowest BCUT2D eigenvalue weighted by atomic mass is 9.98. The van der Waals surface area contributed by atoms with Gasteiger partial charge < -0.3 is 24.6 Å². The van der Waals surface area contributed by atoms with E-state index in [4.69, 9.17) is 14.6 Å². The van der Waals surface area contributed by atoms with Crippen LogP contribution in [0.15, 0.2) is 0 Å². The lowest BCUT2D eigenvalue weighted by Crippen LogP contribution is -2.40. The summed E-state index contributed by atoms with van der Waals surface area (Å²) in [5.41, 5.74) is -0.506. The number of aliphatic hydroxyl groups excluding tert-OH is 2. The number of methoxy groups -OCH3 is 1. The van der Waals surface area contributed by atoms with Crippen LogP contribution in [0.5, 0.6) is 0 Å². The number of rotatable bonds is 10. The largest absolute Gasteiger partial charge is 0.394 e. The van der Waals surface area contributed by atoms with E-state index in [1.165, 1.54) is 0 Å². The zero-order valence-electron chi connectivity index (χ0n) is 11.5. The van der Waals surface area contributed by atoms with Crippen molar-refractivity contribution in [1.29, 1.82) is 0 Å². The molecule has 0 rings (SSSR count). The second-order valence-electron chi connectivity index (χ2n) is 4.75. The van der Waals surface area contributed by atoms with Crippen LogP contribution >= 0.6 is 0 Å². The normalized spacial score (nSPS) is 14.3. The summed E-state index contributed by atoms with van der Waals surface area (Å²) in [4.78, 5) is 2.09. The second kappa shape index (κ2) is 8.83. The van der Waals surface area contributed by atoms with E-state index in [0.29, 0.717) is 19.6 Å². The first kappa shape index (κ1) is 16.8. The molecule has 0 aromatic rings. The van der Waals surface area contributed by atoms with Crippen molar-refractivity contribution in [3.8, 4) is 0 Å². The predicted molar refractivity (Wildman–Crippen MR) is 67.1 cm³/mol. The Hall–Kier alpha value is -0.200. The highest BCUT2D eigenvalue weighted by Gasteiger charge is 2.26. The Labute approximate surface area is 104 Å². The third-order valence-corrected chi connectivity index (χ3v) is 2.97. The molecule has 0 aromatic carbocycles. The summed E-state index contributed by atoms with van der Waals surface area (Å²) in [5.74, 6) is 0. The lowest BCUT2D eigenvalue weighted by Gasteiger charge is -2.30. The first-order valence-electron chi connectivity index (χ1n) is 6.04. The van der Waals surface area contributed by atoms with Gasteiger partial charge in [-0.2, -0.15) is 0 Å². The van der Waals surface area contributed by atoms with Crippen molar-refractivity contribution in [2.24, 2.45) is 0 Å². The van der Waals surface area contributed by atoms with Gasteiger partial charge in [0.05, 0.1) is 31.5 Å². The van der Waals surface area contributed by atoms with Gasteiger partial charge in [-0.3, -0.25) is 0 Å². The Balaban J connectivity index is 3.65. The minimum absolute atomic E-state index is 0.0600. The van der Waals surface area contributed by atoms with Gasteiger partial charge in [-0.25, -0.2) is 0 Å². The predicted octanol–water partition coefficient (Wildman–Crippen LogP) is 0.103. The molecule has 0 saturated heterocycles. The van der Waals surface area contributed by atoms with E-state index in [2.05, 4.69) is 4.90 Å². The maximum atomic E-state index is 9.92. The highest BCUT2D eigenvalue weighted by molar-refractivity contribution is 4.79. The standard InChI is InChI=1S/C12H27NO4/c1-12(2,16-4)11(15)5-6-13(3)7-9-17-10-8-14/h11,14-15H,5-10H2,1-4H3. The van der Waals surface area contributed by atoms with Crippen molar-refractivity contribution in [3.05, 3.63) is 0 Å². The fourth-order valence-corrected chi connectivity index (χ4v) is 1.33. The molecule has 1 unspecified atom stereocenters. The van der Waals surface area contributed by atoms with E-state index in [-0.39, 0.29) is 6.61 Å². The van der Waals surface area contributed by atoms with Gasteiger partial charge in [-0.05, 0) is 27.3 Å². The van der Waals surface area contributed by atoms with E-state index < -0.39 is 11.7 Å². The van der Waals surface area contributed by atoms with Crippen LogP contribution in [0.1, 0.15) is 20.3 Å². The van der Waals surface area contributed by atoms with Crippen molar-refractivity contribution in [3.63, 3.8) is 0 Å². The molecule has 5 heteroatoms. The maximum Gasteiger partial charge on any atom is 0.0880 e. The number of ether oxygens (including phenoxy) is 2. The Morgan fingerprint density at radius 2 is 1.88 bits per heavy atom. The fourth-order valence-electron chi connectivity index (χ4n) is 1.33. The summed E-state index contributed by atoms with van der Waals surface area (Å²) < 4.78 is 10.4. The molecule has 0 spiro atoms. The molecule has 17 heavy (non-hydrogen) atoms. The molecule has 2 N–H and O–H groups in total. The summed E-state index contributed by atoms with van der Waals surface area (Å²) in [6.45, 7) is 6.37. The van der Waals surface area contributed by atoms with Gasteiger partial charge in [0.15, 0.2) is 0 Å². The van der Waals surface area contributed by atoms with Crippen LogP contribution in [0, 0.1) is 0 Å². The topological polar surface area (TPSA) is 62.2 Å². The average Bonchev–Trinajstić information content (AvgIpc) is 2.31. The van der Waals surface area contributed by atoms with Crippen LogP contribution in [0.25, 0.3) is 0 Å². The van der Waals surface area contributed by atoms with Crippen molar-refractivity contribution < 1.29 is 19.7 Å². The summed E-state index contributed by atoms with van der Waals surface area (Å²) in [6, 6.07) is 0. The van der Waals surface area contributed by atoms with E-state index in [9.17, 15) is 5.11 Å². The highest BCUT2D eigenvalue weighted by atomic mass is 16.5. The number of hydrogen-bond donors (Lipinski definition) is 2. The van der Waals surface area contributed by atoms with E-state index >= 15 is 0 Å². The Bertz CT molecular complexity index is 187. The van der Waals surface area contributed by atoms with Gasteiger partial charge in [0.2, 0.25) is 0 Å². The van der Waals surface area contributed by atoms with Gasteiger partial charge >= 0.3 is 0 Å². The average molecular weight is 249 g/mol. The molecule has 0 aromatic heterocycles. The maximum absolute atomic E-state index is 9.92. The monoisotopic (exact) mass is 249 g/mol. The zero-order chi connectivity index (χ0) is 13.3. The molecule has 0 amide bonds. The summed E-state index contributed by atoms with van der Waals surface area (Å²) in [7, 11) is 3.59. The molecular formula is C12H27NO4. The number of aliphatic hydroxyl groups is 2. The molecule has 0 fully saturated rings. The lowest BCUT2D eigenvalue weighted by molar-refractivity contribution is -0.0821. The van der Waals surface area contributed by atoms with Crippen LogP contribution in [0.2, 0.25) is 0 Å². The number of nitrogens with zero attached hydrogens (tertiary/aromatic N) is 1. The molecule has 0 bridgehead atoms. The molecule has 0 aliphatic heterocycles. The Morgan fingerprint density at radius 1 is 1.24 bits per heavy atom. The Kier molecular flexibility index (Phi) is 8.72. The molecular weight excluding hydrogens is 222 g/mol. The van der Waals surface area contributed by atoms with Crippen LogP contribution < -0.4 is 0 Å². The van der Waals surface area contributed by atoms with E-state index in [1.54, 1.807) is 7.11 Å². The van der Waals surface area contributed by atoms with Gasteiger partial charge in [-0.15, -0.1) is 0 Å². The SMILES string of the molecule is COC(C)(C)C(O)CCN(C)CCOCCO. The van der Waals surface area contributed by atoms with Gasteiger partial charge in [-0.1, -0.05) is 0 Å². The summed E-state index contributed by atoms with van der Waals surface area (Å²) in [5, 5.41) is 18.5. The molecule has 104 valence electrons. The highest BCUT2D eigenvalue weighted by Crippen LogP contribution is 2.16. The smallest absolute Gasteiger partial charge is 0.0880 e. The van der Waals surface area contributed by atoms with Gasteiger partial charge in [0, 0.05) is 20.2 Å². The molecule has 0 aliphatic rings. The Morgan fingerprint density at radius 3 is 2.41 bits per heavy atom. The minimum atomic E-state index is -0.506. The van der Waals surface area contributed by atoms with Crippen LogP contribution in [0.4, 0.5) is 0 Å². The van der Waals surface area contributed by atoms with Gasteiger partial charge in [0.25, 0.3) is 0 Å². The van der Waals surface area contributed by atoms with Crippen LogP contribution in [0.3, 0.4) is 0 Å². The van der Waals surface area contributed by atoms with Crippen LogP contribution in [-0.4, -0.2) is 73.9 Å². The van der Waals surface area contributed by atoms with Crippen molar-refractivity contribution >= 4 is 0 Å². The third kappa shape index (κ3) is 7.68. The molecule has 1 atom stereocenters. The van der Waals surface area contributed by atoms with Crippen molar-refractivity contribution in [2.75, 3.05) is 47.1 Å². The van der Waals surface area contributed by atoms with E-state index in [0.717, 1.165) is 13.1 Å². The summed E-state index contributed by atoms with van der Waals surface area (Å²) in [6.07, 6.45) is 0.186. The van der Waals surface area contributed by atoms with Crippen molar-refractivity contribution in [1.82, 2.24) is 4.90 Å². The van der Waals surface area contributed by atoms with E-state index in [1.807, 2.05) is 20.9 Å². The second-order valence-corrected chi connectivity index (χ2v) is 4.75. The molecule has 0 aliphatic carbocycles. The van der Waals surface area contributed by atoms with Crippen molar-refractivity contribution in [2.45, 2.75) is 32.0 Å². The quantitative estimate of drug-likeness (QED) is 0.538. The molecule has 5 nitrogen and oxygen atoms in total. The first-order chi connectivity index (χ1) is 7.94.